The zero-order chi connectivity index (χ0) is 25.1. The van der Waals surface area contributed by atoms with Gasteiger partial charge in [-0.25, -0.2) is 0 Å². The standard InChI is InChI=1S/C36H24N2/c1-3-11-25(12-4-1)26-19-22-29(23-20-26)38-33-24-21-27-13-7-8-16-30(27)34(33)36-35(38)31-17-9-10-18-32(31)37(36)28-14-5-2-6-15-28/h1-24H. The molecule has 0 amide bonds. The third-order valence-corrected chi connectivity index (χ3v) is 7.70. The number of nitrogens with zero attached hydrogens (tertiary/aromatic N) is 2. The summed E-state index contributed by atoms with van der Waals surface area (Å²) >= 11 is 0. The van der Waals surface area contributed by atoms with Crippen molar-refractivity contribution < 1.29 is 0 Å². The van der Waals surface area contributed by atoms with Crippen LogP contribution in [0.4, 0.5) is 0 Å². The Morgan fingerprint density at radius 1 is 0.342 bits per heavy atom. The van der Waals surface area contributed by atoms with Crippen molar-refractivity contribution in [2.75, 3.05) is 0 Å². The van der Waals surface area contributed by atoms with Gasteiger partial charge in [-0.1, -0.05) is 109 Å². The van der Waals surface area contributed by atoms with Gasteiger partial charge in [0.1, 0.15) is 0 Å². The molecule has 0 atom stereocenters. The van der Waals surface area contributed by atoms with Gasteiger partial charge < -0.3 is 9.13 Å². The monoisotopic (exact) mass is 484 g/mol. The van der Waals surface area contributed by atoms with E-state index in [9.17, 15) is 0 Å². The molecule has 2 heteroatoms. The van der Waals surface area contributed by atoms with Gasteiger partial charge in [0, 0.05) is 22.1 Å². The predicted molar refractivity (Wildman–Crippen MR) is 161 cm³/mol. The van der Waals surface area contributed by atoms with Crippen LogP contribution in [0.2, 0.25) is 0 Å². The van der Waals surface area contributed by atoms with Crippen LogP contribution in [0.5, 0.6) is 0 Å². The molecule has 8 rings (SSSR count). The summed E-state index contributed by atoms with van der Waals surface area (Å²) in [6.07, 6.45) is 0. The second kappa shape index (κ2) is 8.22. The predicted octanol–water partition coefficient (Wildman–Crippen LogP) is 9.55. The maximum atomic E-state index is 2.45. The molecule has 0 aliphatic rings. The lowest BCUT2D eigenvalue weighted by atomic mass is 10.1. The Morgan fingerprint density at radius 2 is 0.921 bits per heavy atom. The normalized spacial score (nSPS) is 11.7. The third-order valence-electron chi connectivity index (χ3n) is 7.70. The first kappa shape index (κ1) is 21.0. The van der Waals surface area contributed by atoms with E-state index in [2.05, 4.69) is 155 Å². The molecule has 6 aromatic carbocycles. The smallest absolute Gasteiger partial charge is 0.0810 e. The van der Waals surface area contributed by atoms with Crippen LogP contribution in [-0.2, 0) is 0 Å². The van der Waals surface area contributed by atoms with Crippen molar-refractivity contribution in [1.82, 2.24) is 9.13 Å². The molecule has 0 aliphatic heterocycles. The SMILES string of the molecule is c1ccc(-c2ccc(-n3c4ccc5ccccc5c4c4c3c3ccccc3n4-c3ccccc3)cc2)cc1. The second-order valence-corrected chi connectivity index (χ2v) is 9.81. The average Bonchev–Trinajstić information content (AvgIpc) is 3.51. The van der Waals surface area contributed by atoms with Crippen LogP contribution < -0.4 is 0 Å². The van der Waals surface area contributed by atoms with E-state index < -0.39 is 0 Å². The number of aromatic nitrogens is 2. The van der Waals surface area contributed by atoms with Gasteiger partial charge in [-0.05, 0) is 58.3 Å². The van der Waals surface area contributed by atoms with E-state index in [0.29, 0.717) is 0 Å². The molecule has 0 fully saturated rings. The molecule has 2 nitrogen and oxygen atoms in total. The van der Waals surface area contributed by atoms with Gasteiger partial charge in [0.05, 0.1) is 22.1 Å². The summed E-state index contributed by atoms with van der Waals surface area (Å²) in [6.45, 7) is 0. The minimum absolute atomic E-state index is 1.16. The number of fused-ring (bicyclic) bond motifs is 7. The van der Waals surface area contributed by atoms with E-state index in [1.54, 1.807) is 0 Å². The molecule has 178 valence electrons. The maximum absolute atomic E-state index is 2.45. The zero-order valence-electron chi connectivity index (χ0n) is 20.8. The molecule has 8 aromatic rings. The van der Waals surface area contributed by atoms with Gasteiger partial charge in [-0.3, -0.25) is 0 Å². The topological polar surface area (TPSA) is 9.86 Å². The van der Waals surface area contributed by atoms with Crippen molar-refractivity contribution in [3.63, 3.8) is 0 Å². The first-order valence-corrected chi connectivity index (χ1v) is 13.0. The van der Waals surface area contributed by atoms with E-state index in [4.69, 9.17) is 0 Å². The molecule has 0 saturated heterocycles. The largest absolute Gasteiger partial charge is 0.307 e. The summed E-state index contributed by atoms with van der Waals surface area (Å²) in [5.74, 6) is 0. The molecule has 0 radical (unpaired) electrons. The molecular formula is C36H24N2. The van der Waals surface area contributed by atoms with Crippen molar-refractivity contribution in [3.8, 4) is 22.5 Å². The van der Waals surface area contributed by atoms with Crippen LogP contribution in [0, 0.1) is 0 Å². The Labute approximate surface area is 220 Å². The Bertz CT molecular complexity index is 2100. The summed E-state index contributed by atoms with van der Waals surface area (Å²) in [4.78, 5) is 0. The highest BCUT2D eigenvalue weighted by Gasteiger charge is 2.23. The van der Waals surface area contributed by atoms with E-state index in [-0.39, 0.29) is 0 Å². The van der Waals surface area contributed by atoms with Crippen LogP contribution in [0.3, 0.4) is 0 Å². The molecule has 38 heavy (non-hydrogen) atoms. The maximum Gasteiger partial charge on any atom is 0.0810 e. The van der Waals surface area contributed by atoms with Gasteiger partial charge in [0.25, 0.3) is 0 Å². The number of hydrogen-bond acceptors (Lipinski definition) is 0. The summed E-state index contributed by atoms with van der Waals surface area (Å²) in [5.41, 5.74) is 9.71. The van der Waals surface area contributed by atoms with Crippen molar-refractivity contribution in [2.45, 2.75) is 0 Å². The second-order valence-electron chi connectivity index (χ2n) is 9.81. The van der Waals surface area contributed by atoms with Crippen molar-refractivity contribution in [1.29, 1.82) is 0 Å². The molecule has 0 N–H and O–H groups in total. The van der Waals surface area contributed by atoms with E-state index in [0.717, 1.165) is 5.69 Å². The minimum Gasteiger partial charge on any atom is -0.307 e. The Morgan fingerprint density at radius 3 is 1.71 bits per heavy atom. The highest BCUT2D eigenvalue weighted by molar-refractivity contribution is 6.26. The van der Waals surface area contributed by atoms with Crippen LogP contribution >= 0.6 is 0 Å². The summed E-state index contributed by atoms with van der Waals surface area (Å²) in [6, 6.07) is 52.3. The highest BCUT2D eigenvalue weighted by Crippen LogP contribution is 2.43. The molecule has 0 saturated carbocycles. The van der Waals surface area contributed by atoms with Gasteiger partial charge >= 0.3 is 0 Å². The van der Waals surface area contributed by atoms with Crippen LogP contribution in [0.25, 0.3) is 66.1 Å². The quantitative estimate of drug-likeness (QED) is 0.236. The lowest BCUT2D eigenvalue weighted by Gasteiger charge is -2.11. The van der Waals surface area contributed by atoms with Crippen molar-refractivity contribution in [2.24, 2.45) is 0 Å². The Hall–Kier alpha value is -5.08. The number of para-hydroxylation sites is 2. The first-order valence-electron chi connectivity index (χ1n) is 13.0. The third kappa shape index (κ3) is 3.01. The fourth-order valence-electron chi connectivity index (χ4n) is 6.04. The average molecular weight is 485 g/mol. The molecule has 2 heterocycles. The number of hydrogen-bond donors (Lipinski definition) is 0. The van der Waals surface area contributed by atoms with Crippen molar-refractivity contribution in [3.05, 3.63) is 146 Å². The summed E-state index contributed by atoms with van der Waals surface area (Å²) in [7, 11) is 0. The Kier molecular flexibility index (Phi) is 4.55. The lowest BCUT2D eigenvalue weighted by Crippen LogP contribution is -1.94. The van der Waals surface area contributed by atoms with E-state index in [1.807, 2.05) is 0 Å². The van der Waals surface area contributed by atoms with Gasteiger partial charge in [0.15, 0.2) is 0 Å². The van der Waals surface area contributed by atoms with Crippen LogP contribution in [0.15, 0.2) is 146 Å². The van der Waals surface area contributed by atoms with Crippen LogP contribution in [0.1, 0.15) is 0 Å². The molecule has 0 bridgehead atoms. The Balaban J connectivity index is 1.54. The van der Waals surface area contributed by atoms with E-state index in [1.165, 1.54) is 60.4 Å². The highest BCUT2D eigenvalue weighted by atomic mass is 15.1. The first-order chi connectivity index (χ1) is 18.9. The molecule has 0 unspecified atom stereocenters. The van der Waals surface area contributed by atoms with Gasteiger partial charge in [-0.15, -0.1) is 0 Å². The lowest BCUT2D eigenvalue weighted by molar-refractivity contribution is 1.17. The molecule has 2 aromatic heterocycles. The number of benzene rings is 6. The van der Waals surface area contributed by atoms with Crippen molar-refractivity contribution >= 4 is 43.6 Å². The molecule has 0 spiro atoms. The summed E-state index contributed by atoms with van der Waals surface area (Å²) < 4.78 is 4.89. The number of rotatable bonds is 3. The minimum atomic E-state index is 1.16. The fourth-order valence-corrected chi connectivity index (χ4v) is 6.04. The zero-order valence-corrected chi connectivity index (χ0v) is 20.8. The van der Waals surface area contributed by atoms with Gasteiger partial charge in [0.2, 0.25) is 0 Å². The molecule has 0 aliphatic carbocycles. The van der Waals surface area contributed by atoms with Crippen LogP contribution in [-0.4, -0.2) is 9.13 Å². The summed E-state index contributed by atoms with van der Waals surface area (Å²) in [5, 5.41) is 5.06. The van der Waals surface area contributed by atoms with E-state index >= 15 is 0 Å². The molecular weight excluding hydrogens is 460 g/mol. The fraction of sp³-hybridized carbons (Fsp3) is 0. The van der Waals surface area contributed by atoms with Gasteiger partial charge in [-0.2, -0.15) is 0 Å².